The number of anilines is 3. The second kappa shape index (κ2) is 10.4. The maximum Gasteiger partial charge on any atom is 0.490 e. The van der Waals surface area contributed by atoms with Crippen molar-refractivity contribution in [3.05, 3.63) is 48.1 Å². The summed E-state index contributed by atoms with van der Waals surface area (Å²) >= 11 is 0. The van der Waals surface area contributed by atoms with E-state index in [4.69, 9.17) is 19.2 Å². The van der Waals surface area contributed by atoms with Gasteiger partial charge in [0.2, 0.25) is 0 Å². The number of halogens is 3. The van der Waals surface area contributed by atoms with Gasteiger partial charge in [-0.1, -0.05) is 5.16 Å². The van der Waals surface area contributed by atoms with Gasteiger partial charge in [-0.15, -0.1) is 0 Å². The maximum atomic E-state index is 15.1. The molecule has 2 aliphatic heterocycles. The monoisotopic (exact) mass is 571 g/mol. The van der Waals surface area contributed by atoms with Gasteiger partial charge in [0.05, 0.1) is 24.2 Å². The molecule has 2 atom stereocenters. The predicted molar refractivity (Wildman–Crippen MR) is 132 cm³/mol. The van der Waals surface area contributed by atoms with Gasteiger partial charge in [-0.3, -0.25) is 14.6 Å². The van der Waals surface area contributed by atoms with E-state index < -0.39 is 73.2 Å². The number of nitrogens with one attached hydrogen (secondary N) is 1. The Bertz CT molecular complexity index is 1380. The van der Waals surface area contributed by atoms with Crippen LogP contribution < -0.4 is 14.5 Å². The van der Waals surface area contributed by atoms with Gasteiger partial charge in [0, 0.05) is 37.0 Å². The molecule has 2 aromatic rings. The van der Waals surface area contributed by atoms with Crippen LogP contribution in [-0.4, -0.2) is 53.6 Å². The normalized spacial score (nSPS) is 19.2. The lowest BCUT2D eigenvalue weighted by molar-refractivity contribution is -0.143. The molecule has 12 nitrogen and oxygen atoms in total. The Hall–Kier alpha value is -3.84. The number of nitrogens with zero attached hydrogens (tertiary/aromatic N) is 4. The number of cyclic esters (lactones) is 1. The average Bonchev–Trinajstić information content (AvgIpc) is 3.50. The highest BCUT2D eigenvalue weighted by Gasteiger charge is 2.44. The zero-order chi connectivity index (χ0) is 28.7. The molecule has 1 aromatic heterocycles. The molecular weight excluding hydrogens is 546 g/mol. The molecule has 1 amide bonds. The molecule has 3 heterocycles. The van der Waals surface area contributed by atoms with Crippen molar-refractivity contribution in [2.45, 2.75) is 33.3 Å². The summed E-state index contributed by atoms with van der Waals surface area (Å²) in [7, 11) is -4.93. The van der Waals surface area contributed by atoms with E-state index in [9.17, 15) is 27.8 Å². The van der Waals surface area contributed by atoms with Crippen molar-refractivity contribution in [3.8, 4) is 0 Å². The molecule has 39 heavy (non-hydrogen) atoms. The Balaban J connectivity index is 1.58. The number of carbonyl (C=O) groups is 2. The molecule has 210 valence electrons. The summed E-state index contributed by atoms with van der Waals surface area (Å²) in [6.07, 6.45) is 1.45. The highest BCUT2D eigenvalue weighted by molar-refractivity contribution is 7.55. The summed E-state index contributed by atoms with van der Waals surface area (Å²) in [5, 5.41) is 11.1. The lowest BCUT2D eigenvalue weighted by atomic mass is 9.98. The van der Waals surface area contributed by atoms with Crippen molar-refractivity contribution >= 4 is 42.7 Å². The Morgan fingerprint density at radius 1 is 1.33 bits per heavy atom. The molecule has 1 fully saturated rings. The number of amides is 1. The minimum absolute atomic E-state index is 0.0503. The topological polar surface area (TPSA) is 150 Å². The van der Waals surface area contributed by atoms with Crippen LogP contribution in [0.15, 0.2) is 35.2 Å². The maximum absolute atomic E-state index is 15.1. The van der Waals surface area contributed by atoms with Crippen molar-refractivity contribution in [1.82, 2.24) is 5.16 Å². The third kappa shape index (κ3) is 5.78. The molecule has 0 radical (unpaired) electrons. The van der Waals surface area contributed by atoms with Gasteiger partial charge in [0.1, 0.15) is 18.1 Å². The van der Waals surface area contributed by atoms with E-state index in [-0.39, 0.29) is 24.5 Å². The molecule has 4 rings (SSSR count). The second-order valence-electron chi connectivity index (χ2n) is 9.81. The van der Waals surface area contributed by atoms with E-state index in [2.05, 4.69) is 5.16 Å². The molecule has 1 unspecified atom stereocenters. The van der Waals surface area contributed by atoms with Crippen LogP contribution in [0.3, 0.4) is 0 Å². The van der Waals surface area contributed by atoms with Crippen molar-refractivity contribution in [2.24, 2.45) is 5.41 Å². The molecular formula is C23H25F3N5O7P. The SMILES string of the molecule is CC(C)(C)C(=O)OP(=O)(O)N(C[C@H]1CN(c2cc(F)c(N3C=CC(=N)CC3)c(F)c2F)C(=O)O1)c1ccon1. The first kappa shape index (κ1) is 28.2. The third-order valence-corrected chi connectivity index (χ3v) is 7.21. The van der Waals surface area contributed by atoms with Crippen LogP contribution in [0.2, 0.25) is 0 Å². The first-order valence-electron chi connectivity index (χ1n) is 11.6. The number of aromatic nitrogens is 1. The van der Waals surface area contributed by atoms with Gasteiger partial charge >= 0.3 is 19.8 Å². The van der Waals surface area contributed by atoms with Gasteiger partial charge in [0.15, 0.2) is 23.3 Å². The van der Waals surface area contributed by atoms with Crippen molar-refractivity contribution in [3.63, 3.8) is 0 Å². The standard InChI is InChI=1S/C23H25F3N5O7P/c1-23(2,3)21(32)38-39(34,35)31(17-6-9-36-28-17)12-14-11-30(22(33)37-14)16-10-15(24)20(19(26)18(16)25)29-7-4-13(27)5-8-29/h4,6-7,9-10,14,27H,5,8,11-12H2,1-3H3,(H,34,35)/t14-/m1/s1. The molecule has 16 heteroatoms. The summed E-state index contributed by atoms with van der Waals surface area (Å²) < 4.78 is 73.5. The average molecular weight is 571 g/mol. The number of hydrogen-bond donors (Lipinski definition) is 2. The summed E-state index contributed by atoms with van der Waals surface area (Å²) in [4.78, 5) is 37.2. The van der Waals surface area contributed by atoms with E-state index >= 15 is 4.39 Å². The van der Waals surface area contributed by atoms with Gasteiger partial charge in [0.25, 0.3) is 0 Å². The first-order valence-corrected chi connectivity index (χ1v) is 13.1. The number of hydrogen-bond acceptors (Lipinski definition) is 9. The number of allylic oxidation sites excluding steroid dienone is 1. The highest BCUT2D eigenvalue weighted by Crippen LogP contribution is 2.50. The van der Waals surface area contributed by atoms with Crippen LogP contribution >= 0.6 is 7.75 Å². The van der Waals surface area contributed by atoms with Crippen LogP contribution in [0.1, 0.15) is 27.2 Å². The second-order valence-corrected chi connectivity index (χ2v) is 11.5. The van der Waals surface area contributed by atoms with Crippen LogP contribution in [0.25, 0.3) is 0 Å². The Labute approximate surface area is 220 Å². The smallest absolute Gasteiger partial charge is 0.442 e. The van der Waals surface area contributed by atoms with E-state index in [1.807, 2.05) is 0 Å². The highest BCUT2D eigenvalue weighted by atomic mass is 31.2. The minimum Gasteiger partial charge on any atom is -0.442 e. The van der Waals surface area contributed by atoms with Crippen LogP contribution in [-0.2, 0) is 18.6 Å². The predicted octanol–water partition coefficient (Wildman–Crippen LogP) is 4.36. The van der Waals surface area contributed by atoms with E-state index in [0.29, 0.717) is 15.6 Å². The fraction of sp³-hybridized carbons (Fsp3) is 0.391. The molecule has 0 bridgehead atoms. The Morgan fingerprint density at radius 2 is 2.05 bits per heavy atom. The molecule has 2 aliphatic rings. The number of carbonyl (C=O) groups excluding carboxylic acids is 2. The molecule has 0 spiro atoms. The minimum atomic E-state index is -4.93. The summed E-state index contributed by atoms with van der Waals surface area (Å²) in [6, 6.07) is 1.84. The van der Waals surface area contributed by atoms with Crippen LogP contribution in [0.4, 0.5) is 35.2 Å². The first-order chi connectivity index (χ1) is 18.2. The molecule has 1 aromatic carbocycles. The van der Waals surface area contributed by atoms with Crippen molar-refractivity contribution in [1.29, 1.82) is 5.41 Å². The fourth-order valence-electron chi connectivity index (χ4n) is 3.76. The zero-order valence-electron chi connectivity index (χ0n) is 21.1. The van der Waals surface area contributed by atoms with Crippen molar-refractivity contribution in [2.75, 3.05) is 34.1 Å². The number of rotatable bonds is 7. The summed E-state index contributed by atoms with van der Waals surface area (Å²) in [5.41, 5.74) is -2.30. The third-order valence-electron chi connectivity index (χ3n) is 5.83. The summed E-state index contributed by atoms with van der Waals surface area (Å²) in [6.45, 7) is 3.41. The van der Waals surface area contributed by atoms with Crippen LogP contribution in [0, 0.1) is 28.3 Å². The fourth-order valence-corrected chi connectivity index (χ4v) is 5.10. The lowest BCUT2D eigenvalue weighted by Crippen LogP contribution is -2.35. The van der Waals surface area contributed by atoms with Gasteiger partial charge < -0.3 is 24.1 Å². The van der Waals surface area contributed by atoms with Gasteiger partial charge in [-0.05, 0) is 26.8 Å². The molecule has 0 aliphatic carbocycles. The summed E-state index contributed by atoms with van der Waals surface area (Å²) in [5.74, 6) is -5.44. The zero-order valence-corrected chi connectivity index (χ0v) is 22.0. The van der Waals surface area contributed by atoms with E-state index in [1.165, 1.54) is 39.1 Å². The van der Waals surface area contributed by atoms with Gasteiger partial charge in [-0.2, -0.15) is 0 Å². The number of benzene rings is 1. The van der Waals surface area contributed by atoms with Crippen LogP contribution in [0.5, 0.6) is 0 Å². The van der Waals surface area contributed by atoms with E-state index in [0.717, 1.165) is 11.2 Å². The number of ether oxygens (including phenoxy) is 1. The Kier molecular flexibility index (Phi) is 7.50. The molecule has 1 saturated heterocycles. The molecule has 0 saturated carbocycles. The molecule has 2 N–H and O–H groups in total. The van der Waals surface area contributed by atoms with E-state index in [1.54, 1.807) is 0 Å². The Morgan fingerprint density at radius 3 is 2.64 bits per heavy atom. The largest absolute Gasteiger partial charge is 0.490 e. The van der Waals surface area contributed by atoms with Gasteiger partial charge in [-0.25, -0.2) is 27.2 Å². The lowest BCUT2D eigenvalue weighted by Gasteiger charge is -2.29. The van der Waals surface area contributed by atoms with Crippen molar-refractivity contribution < 1.29 is 46.0 Å². The quantitative estimate of drug-likeness (QED) is 0.363.